The molecule has 0 bridgehead atoms. The Morgan fingerprint density at radius 1 is 0.969 bits per heavy atom. The normalized spacial score (nSPS) is 11.6. The second-order valence-corrected chi connectivity index (χ2v) is 8.17. The Morgan fingerprint density at radius 2 is 1.72 bits per heavy atom. The first kappa shape index (κ1) is 22.0. The zero-order valence-corrected chi connectivity index (χ0v) is 17.5. The maximum Gasteiger partial charge on any atom is 0.418 e. The minimum Gasteiger partial charge on any atom is -0.342 e. The molecule has 3 aromatic carbocycles. The van der Waals surface area contributed by atoms with E-state index < -0.39 is 17.6 Å². The molecule has 3 nitrogen and oxygen atoms in total. The number of carbonyl (C=O) groups excluding carboxylic acids is 1. The van der Waals surface area contributed by atoms with Crippen LogP contribution in [-0.2, 0) is 17.5 Å². The van der Waals surface area contributed by atoms with E-state index in [1.54, 1.807) is 6.07 Å². The summed E-state index contributed by atoms with van der Waals surface area (Å²) in [5, 5.41) is 3.27. The van der Waals surface area contributed by atoms with E-state index in [1.807, 2.05) is 41.1 Å². The summed E-state index contributed by atoms with van der Waals surface area (Å²) in [6.07, 6.45) is -2.68. The molecule has 1 heterocycles. The van der Waals surface area contributed by atoms with Crippen LogP contribution in [0.4, 0.5) is 23.2 Å². The smallest absolute Gasteiger partial charge is 0.342 e. The van der Waals surface area contributed by atoms with Gasteiger partial charge < -0.3 is 9.88 Å². The Labute approximate surface area is 186 Å². The van der Waals surface area contributed by atoms with Gasteiger partial charge in [0.1, 0.15) is 5.82 Å². The molecule has 1 aromatic heterocycles. The van der Waals surface area contributed by atoms with Crippen LogP contribution in [0.3, 0.4) is 0 Å². The highest BCUT2D eigenvalue weighted by molar-refractivity contribution is 8.00. The number of hydrogen-bond acceptors (Lipinski definition) is 2. The van der Waals surface area contributed by atoms with Gasteiger partial charge in [-0.15, -0.1) is 11.8 Å². The summed E-state index contributed by atoms with van der Waals surface area (Å²) in [5.74, 6) is -0.904. The summed E-state index contributed by atoms with van der Waals surface area (Å²) in [5.41, 5.74) is 0.565. The van der Waals surface area contributed by atoms with Gasteiger partial charge in [-0.1, -0.05) is 42.5 Å². The average molecular weight is 458 g/mol. The predicted octanol–water partition coefficient (Wildman–Crippen LogP) is 6.58. The lowest BCUT2D eigenvalue weighted by atomic mass is 10.1. The Hall–Kier alpha value is -3.26. The summed E-state index contributed by atoms with van der Waals surface area (Å²) in [7, 11) is 0. The highest BCUT2D eigenvalue weighted by Crippen LogP contribution is 2.35. The first-order valence-electron chi connectivity index (χ1n) is 9.72. The predicted molar refractivity (Wildman–Crippen MR) is 118 cm³/mol. The van der Waals surface area contributed by atoms with Crippen molar-refractivity contribution < 1.29 is 22.4 Å². The van der Waals surface area contributed by atoms with Crippen LogP contribution >= 0.6 is 11.8 Å². The first-order valence-corrected chi connectivity index (χ1v) is 10.7. The summed E-state index contributed by atoms with van der Waals surface area (Å²) in [6, 6.07) is 18.8. The van der Waals surface area contributed by atoms with Crippen molar-refractivity contribution in [2.75, 3.05) is 11.1 Å². The van der Waals surface area contributed by atoms with Gasteiger partial charge in [-0.05, 0) is 35.9 Å². The zero-order valence-electron chi connectivity index (χ0n) is 16.7. The van der Waals surface area contributed by atoms with Gasteiger partial charge in [0.25, 0.3) is 0 Å². The van der Waals surface area contributed by atoms with Gasteiger partial charge in [0.2, 0.25) is 5.91 Å². The highest BCUT2D eigenvalue weighted by Gasteiger charge is 2.33. The van der Waals surface area contributed by atoms with Crippen LogP contribution < -0.4 is 5.32 Å². The number of para-hydroxylation sites is 2. The standard InChI is InChI=1S/C24H18F4N2OS/c25-17-7-5-6-16(12-17)13-30-14-22(18-8-1-4-11-21(18)30)32-15-23(31)29-20-10-3-2-9-19(20)24(26,27)28/h1-12,14H,13,15H2,(H,29,31). The number of thioether (sulfide) groups is 1. The number of alkyl halides is 3. The van der Waals surface area contributed by atoms with E-state index in [0.717, 1.165) is 27.4 Å². The number of carbonyl (C=O) groups is 1. The molecular formula is C24H18F4N2OS. The zero-order chi connectivity index (χ0) is 22.7. The van der Waals surface area contributed by atoms with Gasteiger partial charge in [-0.25, -0.2) is 4.39 Å². The molecule has 0 spiro atoms. The Bertz CT molecular complexity index is 1270. The molecule has 0 saturated heterocycles. The van der Waals surface area contributed by atoms with Crippen molar-refractivity contribution in [1.29, 1.82) is 0 Å². The van der Waals surface area contributed by atoms with Crippen molar-refractivity contribution in [3.05, 3.63) is 95.9 Å². The number of benzene rings is 3. The lowest BCUT2D eigenvalue weighted by molar-refractivity contribution is -0.137. The summed E-state index contributed by atoms with van der Waals surface area (Å²) < 4.78 is 55.0. The molecule has 4 rings (SSSR count). The lowest BCUT2D eigenvalue weighted by Crippen LogP contribution is -2.18. The SMILES string of the molecule is O=C(CSc1cn(Cc2cccc(F)c2)c2ccccc12)Nc1ccccc1C(F)(F)F. The van der Waals surface area contributed by atoms with E-state index in [0.29, 0.717) is 6.54 Å². The van der Waals surface area contributed by atoms with Gasteiger partial charge in [-0.2, -0.15) is 13.2 Å². The number of hydrogen-bond donors (Lipinski definition) is 1. The van der Waals surface area contributed by atoms with Crippen LogP contribution in [0.15, 0.2) is 83.9 Å². The van der Waals surface area contributed by atoms with E-state index in [1.165, 1.54) is 42.1 Å². The Balaban J connectivity index is 1.51. The number of anilines is 1. The van der Waals surface area contributed by atoms with Crippen LogP contribution in [0.2, 0.25) is 0 Å². The Morgan fingerprint density at radius 3 is 2.50 bits per heavy atom. The summed E-state index contributed by atoms with van der Waals surface area (Å²) in [6.45, 7) is 0.448. The molecule has 0 saturated carbocycles. The molecule has 32 heavy (non-hydrogen) atoms. The van der Waals surface area contributed by atoms with Gasteiger partial charge in [0.05, 0.1) is 17.0 Å². The number of halogens is 4. The number of fused-ring (bicyclic) bond motifs is 1. The third-order valence-electron chi connectivity index (χ3n) is 4.86. The molecule has 0 aliphatic heterocycles. The molecule has 0 atom stereocenters. The van der Waals surface area contributed by atoms with Gasteiger partial charge >= 0.3 is 6.18 Å². The molecule has 1 amide bonds. The fraction of sp³-hybridized carbons (Fsp3) is 0.125. The van der Waals surface area contributed by atoms with E-state index in [4.69, 9.17) is 0 Å². The van der Waals surface area contributed by atoms with Crippen molar-refractivity contribution in [2.24, 2.45) is 0 Å². The quantitative estimate of drug-likeness (QED) is 0.262. The van der Waals surface area contributed by atoms with Gasteiger partial charge in [0, 0.05) is 28.5 Å². The topological polar surface area (TPSA) is 34.0 Å². The first-order chi connectivity index (χ1) is 15.3. The second kappa shape index (κ2) is 9.08. The minimum atomic E-state index is -4.55. The highest BCUT2D eigenvalue weighted by atomic mass is 32.2. The molecule has 8 heteroatoms. The van der Waals surface area contributed by atoms with Crippen LogP contribution in [0.5, 0.6) is 0 Å². The van der Waals surface area contributed by atoms with Crippen molar-refractivity contribution in [3.8, 4) is 0 Å². The number of nitrogens with zero attached hydrogens (tertiary/aromatic N) is 1. The van der Waals surface area contributed by atoms with Crippen molar-refractivity contribution in [2.45, 2.75) is 17.6 Å². The number of amides is 1. The third-order valence-corrected chi connectivity index (χ3v) is 5.90. The van der Waals surface area contributed by atoms with Crippen LogP contribution in [0.25, 0.3) is 10.9 Å². The largest absolute Gasteiger partial charge is 0.418 e. The van der Waals surface area contributed by atoms with Crippen LogP contribution in [0, 0.1) is 5.82 Å². The maximum absolute atomic E-state index is 13.6. The molecule has 0 aliphatic carbocycles. The van der Waals surface area contributed by atoms with Crippen molar-refractivity contribution in [1.82, 2.24) is 4.57 Å². The molecule has 0 radical (unpaired) electrons. The minimum absolute atomic E-state index is 0.0554. The maximum atomic E-state index is 13.6. The van der Waals surface area contributed by atoms with E-state index in [-0.39, 0.29) is 17.3 Å². The molecule has 0 aliphatic rings. The van der Waals surface area contributed by atoms with E-state index >= 15 is 0 Å². The van der Waals surface area contributed by atoms with Crippen LogP contribution in [0.1, 0.15) is 11.1 Å². The molecule has 0 unspecified atom stereocenters. The molecule has 0 fully saturated rings. The lowest BCUT2D eigenvalue weighted by Gasteiger charge is -2.13. The second-order valence-electron chi connectivity index (χ2n) is 7.15. The fourth-order valence-corrected chi connectivity index (χ4v) is 4.35. The summed E-state index contributed by atoms with van der Waals surface area (Å²) >= 11 is 1.24. The third kappa shape index (κ3) is 4.96. The fourth-order valence-electron chi connectivity index (χ4n) is 3.46. The monoisotopic (exact) mass is 458 g/mol. The van der Waals surface area contributed by atoms with Crippen molar-refractivity contribution >= 4 is 34.3 Å². The number of aromatic nitrogens is 1. The van der Waals surface area contributed by atoms with Crippen LogP contribution in [-0.4, -0.2) is 16.2 Å². The molecule has 164 valence electrons. The van der Waals surface area contributed by atoms with E-state index in [2.05, 4.69) is 5.32 Å². The molecular weight excluding hydrogens is 440 g/mol. The average Bonchev–Trinajstić information content (AvgIpc) is 3.09. The summed E-state index contributed by atoms with van der Waals surface area (Å²) in [4.78, 5) is 13.2. The number of nitrogens with one attached hydrogen (secondary N) is 1. The molecule has 1 N–H and O–H groups in total. The number of rotatable bonds is 6. The van der Waals surface area contributed by atoms with E-state index in [9.17, 15) is 22.4 Å². The molecule has 4 aromatic rings. The van der Waals surface area contributed by atoms with Gasteiger partial charge in [0.15, 0.2) is 0 Å². The van der Waals surface area contributed by atoms with Gasteiger partial charge in [-0.3, -0.25) is 4.79 Å². The Kier molecular flexibility index (Phi) is 6.23. The van der Waals surface area contributed by atoms with Crippen molar-refractivity contribution in [3.63, 3.8) is 0 Å².